The molecule has 0 unspecified atom stereocenters. The van der Waals surface area contributed by atoms with Crippen molar-refractivity contribution in [3.63, 3.8) is 0 Å². The van der Waals surface area contributed by atoms with Crippen LogP contribution in [0, 0.1) is 0 Å². The maximum atomic E-state index is 12.5. The summed E-state index contributed by atoms with van der Waals surface area (Å²) in [6.45, 7) is 1.49. The molecule has 0 bridgehead atoms. The zero-order valence-electron chi connectivity index (χ0n) is 11.7. The van der Waals surface area contributed by atoms with E-state index in [2.05, 4.69) is 5.32 Å². The van der Waals surface area contributed by atoms with Crippen molar-refractivity contribution in [3.05, 3.63) is 60.2 Å². The third kappa shape index (κ3) is 2.52. The van der Waals surface area contributed by atoms with Crippen molar-refractivity contribution in [1.29, 1.82) is 0 Å². The first kappa shape index (κ1) is 13.4. The van der Waals surface area contributed by atoms with Gasteiger partial charge in [-0.3, -0.25) is 14.5 Å². The van der Waals surface area contributed by atoms with Gasteiger partial charge in [0.25, 0.3) is 0 Å². The molecule has 0 saturated heterocycles. The molecule has 3 rings (SSSR count). The predicted molar refractivity (Wildman–Crippen MR) is 82.2 cm³/mol. The van der Waals surface area contributed by atoms with Gasteiger partial charge < -0.3 is 5.32 Å². The lowest BCUT2D eigenvalue weighted by Gasteiger charge is -2.23. The van der Waals surface area contributed by atoms with Crippen molar-refractivity contribution >= 4 is 23.2 Å². The van der Waals surface area contributed by atoms with Crippen LogP contribution in [0.2, 0.25) is 0 Å². The Balaban J connectivity index is 1.85. The molecule has 1 aliphatic rings. The largest absolute Gasteiger partial charge is 0.324 e. The van der Waals surface area contributed by atoms with E-state index in [-0.39, 0.29) is 11.8 Å². The molecule has 1 atom stereocenters. The zero-order valence-corrected chi connectivity index (χ0v) is 11.7. The van der Waals surface area contributed by atoms with Crippen molar-refractivity contribution in [2.45, 2.75) is 19.4 Å². The summed E-state index contributed by atoms with van der Waals surface area (Å²) in [6, 6.07) is 16.4. The Morgan fingerprint density at radius 2 is 1.71 bits per heavy atom. The number of anilines is 2. The van der Waals surface area contributed by atoms with Crippen LogP contribution in [0.5, 0.6) is 0 Å². The van der Waals surface area contributed by atoms with Crippen LogP contribution in [0.3, 0.4) is 0 Å². The van der Waals surface area contributed by atoms with Crippen LogP contribution in [0.4, 0.5) is 11.4 Å². The molecule has 4 heteroatoms. The average Bonchev–Trinajstić information content (AvgIpc) is 2.88. The second-order valence-corrected chi connectivity index (χ2v) is 5.09. The fourth-order valence-corrected chi connectivity index (χ4v) is 2.73. The van der Waals surface area contributed by atoms with Gasteiger partial charge in [-0.1, -0.05) is 36.4 Å². The van der Waals surface area contributed by atoms with E-state index in [9.17, 15) is 9.59 Å². The Morgan fingerprint density at radius 3 is 2.43 bits per heavy atom. The first-order valence-corrected chi connectivity index (χ1v) is 6.90. The van der Waals surface area contributed by atoms with Gasteiger partial charge in [0, 0.05) is 24.7 Å². The van der Waals surface area contributed by atoms with Gasteiger partial charge in [-0.2, -0.15) is 0 Å². The Kier molecular flexibility index (Phi) is 3.44. The maximum Gasteiger partial charge on any atom is 0.247 e. The van der Waals surface area contributed by atoms with Crippen LogP contribution in [-0.2, 0) is 16.0 Å². The highest BCUT2D eigenvalue weighted by molar-refractivity contribution is 6.06. The molecule has 2 amide bonds. The molecule has 0 saturated carbocycles. The van der Waals surface area contributed by atoms with E-state index < -0.39 is 6.04 Å². The van der Waals surface area contributed by atoms with Crippen LogP contribution in [0.1, 0.15) is 12.5 Å². The number of rotatable bonds is 2. The number of fused-ring (bicyclic) bond motifs is 1. The van der Waals surface area contributed by atoms with Crippen LogP contribution in [0.15, 0.2) is 54.6 Å². The first-order valence-electron chi connectivity index (χ1n) is 6.90. The summed E-state index contributed by atoms with van der Waals surface area (Å²) in [5.74, 6) is -0.277. The Bertz CT molecular complexity index is 682. The molecule has 0 fully saturated rings. The summed E-state index contributed by atoms with van der Waals surface area (Å²) in [4.78, 5) is 26.0. The highest BCUT2D eigenvalue weighted by Gasteiger charge is 2.36. The summed E-state index contributed by atoms with van der Waals surface area (Å²) in [7, 11) is 0. The number of carbonyl (C=O) groups is 2. The first-order chi connectivity index (χ1) is 10.2. The lowest BCUT2D eigenvalue weighted by Crippen LogP contribution is -2.44. The van der Waals surface area contributed by atoms with Gasteiger partial charge in [0.05, 0.1) is 0 Å². The van der Waals surface area contributed by atoms with E-state index >= 15 is 0 Å². The highest BCUT2D eigenvalue weighted by Crippen LogP contribution is 2.32. The zero-order chi connectivity index (χ0) is 14.8. The summed E-state index contributed by atoms with van der Waals surface area (Å²) >= 11 is 0. The second kappa shape index (κ2) is 5.40. The molecule has 0 aliphatic carbocycles. The summed E-state index contributed by atoms with van der Waals surface area (Å²) in [5.41, 5.74) is 2.60. The number of hydrogen-bond donors (Lipinski definition) is 1. The molecule has 0 spiro atoms. The molecule has 21 heavy (non-hydrogen) atoms. The SMILES string of the molecule is CC(=O)N1c2ccccc2C[C@@H]1C(=O)Nc1ccccc1. The molecule has 0 radical (unpaired) electrons. The number of nitrogens with one attached hydrogen (secondary N) is 1. The molecular weight excluding hydrogens is 264 g/mol. The Hall–Kier alpha value is -2.62. The molecule has 106 valence electrons. The minimum atomic E-state index is -0.486. The standard InChI is InChI=1S/C17H16N2O2/c1-12(20)19-15-10-6-5-7-13(15)11-16(19)17(21)18-14-8-3-2-4-9-14/h2-10,16H,11H2,1H3,(H,18,21)/t16-/m1/s1. The third-order valence-corrected chi connectivity index (χ3v) is 3.66. The van der Waals surface area contributed by atoms with Crippen LogP contribution < -0.4 is 10.2 Å². The number of amides is 2. The van der Waals surface area contributed by atoms with Gasteiger partial charge >= 0.3 is 0 Å². The minimum absolute atomic E-state index is 0.117. The number of para-hydroxylation sites is 2. The molecule has 4 nitrogen and oxygen atoms in total. The van der Waals surface area contributed by atoms with Crippen molar-refractivity contribution < 1.29 is 9.59 Å². The monoisotopic (exact) mass is 280 g/mol. The minimum Gasteiger partial charge on any atom is -0.324 e. The normalized spacial score (nSPS) is 16.4. The summed E-state index contributed by atoms with van der Waals surface area (Å²) in [5, 5.41) is 2.87. The molecule has 1 aliphatic heterocycles. The summed E-state index contributed by atoms with van der Waals surface area (Å²) < 4.78 is 0. The molecule has 2 aromatic rings. The van der Waals surface area contributed by atoms with E-state index in [1.54, 1.807) is 4.90 Å². The highest BCUT2D eigenvalue weighted by atomic mass is 16.2. The lowest BCUT2D eigenvalue weighted by molar-refractivity contribution is -0.122. The third-order valence-electron chi connectivity index (χ3n) is 3.66. The van der Waals surface area contributed by atoms with Crippen LogP contribution in [-0.4, -0.2) is 17.9 Å². The molecular formula is C17H16N2O2. The van der Waals surface area contributed by atoms with Crippen molar-refractivity contribution in [3.8, 4) is 0 Å². The molecule has 0 aromatic heterocycles. The topological polar surface area (TPSA) is 49.4 Å². The fraction of sp³-hybridized carbons (Fsp3) is 0.176. The van der Waals surface area contributed by atoms with Crippen LogP contribution >= 0.6 is 0 Å². The average molecular weight is 280 g/mol. The molecule has 1 N–H and O–H groups in total. The fourth-order valence-electron chi connectivity index (χ4n) is 2.73. The Morgan fingerprint density at radius 1 is 1.05 bits per heavy atom. The van der Waals surface area contributed by atoms with Gasteiger partial charge in [0.1, 0.15) is 6.04 Å². The van der Waals surface area contributed by atoms with E-state index in [4.69, 9.17) is 0 Å². The van der Waals surface area contributed by atoms with Crippen molar-refractivity contribution in [2.75, 3.05) is 10.2 Å². The lowest BCUT2D eigenvalue weighted by atomic mass is 10.1. The van der Waals surface area contributed by atoms with Crippen molar-refractivity contribution in [1.82, 2.24) is 0 Å². The van der Waals surface area contributed by atoms with E-state index in [1.165, 1.54) is 6.92 Å². The number of benzene rings is 2. The van der Waals surface area contributed by atoms with E-state index in [0.717, 1.165) is 16.9 Å². The predicted octanol–water partition coefficient (Wildman–Crippen LogP) is 2.60. The smallest absolute Gasteiger partial charge is 0.247 e. The van der Waals surface area contributed by atoms with E-state index in [1.807, 2.05) is 54.6 Å². The van der Waals surface area contributed by atoms with Gasteiger partial charge in [-0.15, -0.1) is 0 Å². The quantitative estimate of drug-likeness (QED) is 0.919. The number of hydrogen-bond acceptors (Lipinski definition) is 2. The number of carbonyl (C=O) groups excluding carboxylic acids is 2. The van der Waals surface area contributed by atoms with Gasteiger partial charge in [0.2, 0.25) is 11.8 Å². The number of nitrogens with zero attached hydrogens (tertiary/aromatic N) is 1. The van der Waals surface area contributed by atoms with Gasteiger partial charge in [-0.25, -0.2) is 0 Å². The van der Waals surface area contributed by atoms with E-state index in [0.29, 0.717) is 6.42 Å². The maximum absolute atomic E-state index is 12.5. The van der Waals surface area contributed by atoms with Gasteiger partial charge in [-0.05, 0) is 23.8 Å². The second-order valence-electron chi connectivity index (χ2n) is 5.09. The Labute approximate surface area is 123 Å². The summed E-state index contributed by atoms with van der Waals surface area (Å²) in [6.07, 6.45) is 0.550. The van der Waals surface area contributed by atoms with Gasteiger partial charge in [0.15, 0.2) is 0 Å². The molecule has 2 aromatic carbocycles. The molecule has 1 heterocycles. The van der Waals surface area contributed by atoms with Crippen molar-refractivity contribution in [2.24, 2.45) is 0 Å². The van der Waals surface area contributed by atoms with Crippen LogP contribution in [0.25, 0.3) is 0 Å².